The molecule has 0 spiro atoms. The summed E-state index contributed by atoms with van der Waals surface area (Å²) in [6.07, 6.45) is 0. The average molecular weight is 197 g/mol. The van der Waals surface area contributed by atoms with Crippen LogP contribution in [0.5, 0.6) is 0 Å². The van der Waals surface area contributed by atoms with Gasteiger partial charge in [-0.15, -0.1) is 0 Å². The van der Waals surface area contributed by atoms with Gasteiger partial charge in [-0.3, -0.25) is 4.79 Å². The highest BCUT2D eigenvalue weighted by atomic mass is 19.1. The molecular weight excluding hydrogens is 185 g/mol. The van der Waals surface area contributed by atoms with E-state index in [2.05, 4.69) is 4.74 Å². The van der Waals surface area contributed by atoms with Crippen molar-refractivity contribution in [1.82, 2.24) is 0 Å². The van der Waals surface area contributed by atoms with Crippen molar-refractivity contribution in [1.29, 1.82) is 0 Å². The van der Waals surface area contributed by atoms with E-state index in [0.717, 1.165) is 5.56 Å². The van der Waals surface area contributed by atoms with Gasteiger partial charge < -0.3 is 10.5 Å². The van der Waals surface area contributed by atoms with E-state index in [9.17, 15) is 9.18 Å². The number of halogens is 1. The summed E-state index contributed by atoms with van der Waals surface area (Å²) in [5.74, 6) is -1.13. The molecule has 0 heterocycles. The Labute approximate surface area is 81.7 Å². The van der Waals surface area contributed by atoms with Crippen LogP contribution in [0.2, 0.25) is 0 Å². The topological polar surface area (TPSA) is 52.3 Å². The Morgan fingerprint density at radius 2 is 2.21 bits per heavy atom. The highest BCUT2D eigenvalue weighted by Gasteiger charge is 2.19. The molecule has 1 atom stereocenters. The maximum Gasteiger partial charge on any atom is 0.327 e. The lowest BCUT2D eigenvalue weighted by Gasteiger charge is -2.10. The van der Waals surface area contributed by atoms with E-state index in [0.29, 0.717) is 0 Å². The van der Waals surface area contributed by atoms with Crippen molar-refractivity contribution in [2.45, 2.75) is 13.0 Å². The molecule has 0 saturated carbocycles. The Bertz CT molecular complexity index is 352. The minimum atomic E-state index is -1.06. The predicted octanol–water partition coefficient (Wildman–Crippen LogP) is 1.31. The minimum absolute atomic E-state index is 0.155. The van der Waals surface area contributed by atoms with Crippen LogP contribution in [0.1, 0.15) is 17.2 Å². The van der Waals surface area contributed by atoms with E-state index < -0.39 is 17.8 Å². The average Bonchev–Trinajstić information content (AvgIpc) is 2.15. The Hall–Kier alpha value is -1.42. The van der Waals surface area contributed by atoms with E-state index >= 15 is 0 Å². The fourth-order valence-electron chi connectivity index (χ4n) is 1.14. The fourth-order valence-corrected chi connectivity index (χ4v) is 1.14. The summed E-state index contributed by atoms with van der Waals surface area (Å²) >= 11 is 0. The molecule has 0 aliphatic carbocycles. The zero-order chi connectivity index (χ0) is 10.7. The van der Waals surface area contributed by atoms with Crippen LogP contribution in [0.25, 0.3) is 0 Å². The smallest absolute Gasteiger partial charge is 0.327 e. The molecule has 1 aromatic carbocycles. The van der Waals surface area contributed by atoms with Crippen molar-refractivity contribution < 1.29 is 13.9 Å². The van der Waals surface area contributed by atoms with Crippen LogP contribution in [0.15, 0.2) is 18.2 Å². The molecule has 0 aliphatic rings. The molecule has 0 fully saturated rings. The first-order valence-corrected chi connectivity index (χ1v) is 4.15. The van der Waals surface area contributed by atoms with Gasteiger partial charge in [0.1, 0.15) is 11.9 Å². The van der Waals surface area contributed by atoms with E-state index in [1.807, 2.05) is 0 Å². The number of hydrogen-bond donors (Lipinski definition) is 1. The molecular formula is C10H12FNO2. The van der Waals surface area contributed by atoms with Crippen LogP contribution < -0.4 is 5.73 Å². The van der Waals surface area contributed by atoms with E-state index in [-0.39, 0.29) is 5.56 Å². The monoisotopic (exact) mass is 197 g/mol. The van der Waals surface area contributed by atoms with Gasteiger partial charge in [0, 0.05) is 5.56 Å². The third-order valence-corrected chi connectivity index (χ3v) is 1.95. The van der Waals surface area contributed by atoms with Gasteiger partial charge in [-0.05, 0) is 18.6 Å². The number of benzene rings is 1. The lowest BCUT2D eigenvalue weighted by molar-refractivity contribution is -0.142. The van der Waals surface area contributed by atoms with Gasteiger partial charge in [-0.1, -0.05) is 12.1 Å². The summed E-state index contributed by atoms with van der Waals surface area (Å²) in [4.78, 5) is 11.0. The van der Waals surface area contributed by atoms with Crippen LogP contribution in [0, 0.1) is 12.7 Å². The van der Waals surface area contributed by atoms with Gasteiger partial charge in [0.05, 0.1) is 7.11 Å². The molecule has 0 bridgehead atoms. The first-order valence-electron chi connectivity index (χ1n) is 4.15. The third kappa shape index (κ3) is 2.09. The van der Waals surface area contributed by atoms with E-state index in [4.69, 9.17) is 5.73 Å². The SMILES string of the molecule is COC(=O)[C@H](N)c1ccc(C)cc1F. The van der Waals surface area contributed by atoms with E-state index in [1.54, 1.807) is 13.0 Å². The van der Waals surface area contributed by atoms with Crippen LogP contribution in [-0.2, 0) is 9.53 Å². The lowest BCUT2D eigenvalue weighted by atomic mass is 10.1. The summed E-state index contributed by atoms with van der Waals surface area (Å²) in [6.45, 7) is 1.76. The number of ether oxygens (including phenoxy) is 1. The Kier molecular flexibility index (Phi) is 3.19. The minimum Gasteiger partial charge on any atom is -0.468 e. The first kappa shape index (κ1) is 10.7. The standard InChI is InChI=1S/C10H12FNO2/c1-6-3-4-7(8(11)5-6)9(12)10(13)14-2/h3-5,9H,12H2,1-2H3/t9-/m1/s1. The molecule has 14 heavy (non-hydrogen) atoms. The number of rotatable bonds is 2. The van der Waals surface area contributed by atoms with Gasteiger partial charge in [-0.2, -0.15) is 0 Å². The second kappa shape index (κ2) is 4.19. The number of esters is 1. The largest absolute Gasteiger partial charge is 0.468 e. The molecule has 0 unspecified atom stereocenters. The van der Waals surface area contributed by atoms with Gasteiger partial charge in [-0.25, -0.2) is 4.39 Å². The number of hydrogen-bond acceptors (Lipinski definition) is 3. The molecule has 76 valence electrons. The Balaban J connectivity index is 3.01. The first-order chi connectivity index (χ1) is 6.56. The Morgan fingerprint density at radius 3 is 2.71 bits per heavy atom. The van der Waals surface area contributed by atoms with E-state index in [1.165, 1.54) is 19.2 Å². The molecule has 0 amide bonds. The molecule has 0 aromatic heterocycles. The summed E-state index contributed by atoms with van der Waals surface area (Å²) in [6, 6.07) is 3.46. The second-order valence-corrected chi connectivity index (χ2v) is 3.03. The molecule has 1 aromatic rings. The zero-order valence-corrected chi connectivity index (χ0v) is 8.08. The maximum atomic E-state index is 13.3. The second-order valence-electron chi connectivity index (χ2n) is 3.03. The molecule has 0 saturated heterocycles. The number of carbonyl (C=O) groups is 1. The molecule has 0 radical (unpaired) electrons. The Morgan fingerprint density at radius 1 is 1.57 bits per heavy atom. The highest BCUT2D eigenvalue weighted by molar-refractivity contribution is 5.77. The number of carbonyl (C=O) groups excluding carboxylic acids is 1. The van der Waals surface area contributed by atoms with Crippen LogP contribution in [0.3, 0.4) is 0 Å². The van der Waals surface area contributed by atoms with Crippen LogP contribution in [0.4, 0.5) is 4.39 Å². The highest BCUT2D eigenvalue weighted by Crippen LogP contribution is 2.17. The van der Waals surface area contributed by atoms with Crippen molar-refractivity contribution in [3.63, 3.8) is 0 Å². The predicted molar refractivity (Wildman–Crippen MR) is 50.1 cm³/mol. The molecule has 1 rings (SSSR count). The van der Waals surface area contributed by atoms with Gasteiger partial charge in [0.2, 0.25) is 0 Å². The van der Waals surface area contributed by atoms with Crippen LogP contribution >= 0.6 is 0 Å². The summed E-state index contributed by atoms with van der Waals surface area (Å²) in [7, 11) is 1.22. The van der Waals surface area contributed by atoms with Crippen molar-refractivity contribution >= 4 is 5.97 Å². The maximum absolute atomic E-state index is 13.3. The fraction of sp³-hybridized carbons (Fsp3) is 0.300. The molecule has 4 heteroatoms. The van der Waals surface area contributed by atoms with Crippen molar-refractivity contribution in [2.24, 2.45) is 5.73 Å². The zero-order valence-electron chi connectivity index (χ0n) is 8.08. The van der Waals surface area contributed by atoms with Crippen molar-refractivity contribution in [2.75, 3.05) is 7.11 Å². The summed E-state index contributed by atoms with van der Waals surface area (Å²) in [5, 5.41) is 0. The summed E-state index contributed by atoms with van der Waals surface area (Å²) < 4.78 is 17.7. The lowest BCUT2D eigenvalue weighted by Crippen LogP contribution is -2.23. The van der Waals surface area contributed by atoms with Gasteiger partial charge >= 0.3 is 5.97 Å². The van der Waals surface area contributed by atoms with Crippen molar-refractivity contribution in [3.8, 4) is 0 Å². The molecule has 2 N–H and O–H groups in total. The van der Waals surface area contributed by atoms with Crippen LogP contribution in [-0.4, -0.2) is 13.1 Å². The number of aryl methyl sites for hydroxylation is 1. The number of nitrogens with two attached hydrogens (primary N) is 1. The quantitative estimate of drug-likeness (QED) is 0.727. The molecule has 0 aliphatic heterocycles. The number of methoxy groups -OCH3 is 1. The van der Waals surface area contributed by atoms with Gasteiger partial charge in [0.25, 0.3) is 0 Å². The normalized spacial score (nSPS) is 12.3. The molecule has 3 nitrogen and oxygen atoms in total. The van der Waals surface area contributed by atoms with Gasteiger partial charge in [0.15, 0.2) is 0 Å². The summed E-state index contributed by atoms with van der Waals surface area (Å²) in [5.41, 5.74) is 6.42. The third-order valence-electron chi connectivity index (χ3n) is 1.95. The van der Waals surface area contributed by atoms with Crippen molar-refractivity contribution in [3.05, 3.63) is 35.1 Å².